The largest absolute Gasteiger partial charge is 0.493 e. The molecule has 1 saturated carbocycles. The fourth-order valence-electron chi connectivity index (χ4n) is 4.75. The molecular formula is C24H28N2O3. The van der Waals surface area contributed by atoms with Crippen molar-refractivity contribution in [1.29, 1.82) is 0 Å². The summed E-state index contributed by atoms with van der Waals surface area (Å²) in [5, 5.41) is 2.94. The third kappa shape index (κ3) is 3.27. The van der Waals surface area contributed by atoms with E-state index in [1.54, 1.807) is 14.0 Å². The van der Waals surface area contributed by atoms with Crippen LogP contribution in [0.1, 0.15) is 42.5 Å². The fourth-order valence-corrected chi connectivity index (χ4v) is 4.75. The Labute approximate surface area is 172 Å². The SMILES string of the molecule is COc1cc2c3c(c1OCC1CC1)-c1cc(NC(C)=O)ccc1CC3N(C)CC2. The number of fused-ring (bicyclic) bond motifs is 2. The van der Waals surface area contributed by atoms with Crippen LogP contribution in [-0.4, -0.2) is 38.1 Å². The second-order valence-electron chi connectivity index (χ2n) is 8.61. The van der Waals surface area contributed by atoms with Gasteiger partial charge < -0.3 is 14.8 Å². The number of hydrogen-bond acceptors (Lipinski definition) is 4. The molecule has 0 saturated heterocycles. The quantitative estimate of drug-likeness (QED) is 0.829. The predicted octanol–water partition coefficient (Wildman–Crippen LogP) is 4.19. The van der Waals surface area contributed by atoms with E-state index in [0.717, 1.165) is 54.3 Å². The Kier molecular flexibility index (Phi) is 4.50. The maximum atomic E-state index is 11.6. The molecule has 5 rings (SSSR count). The van der Waals surface area contributed by atoms with Crippen LogP contribution in [0.4, 0.5) is 5.69 Å². The molecule has 29 heavy (non-hydrogen) atoms. The van der Waals surface area contributed by atoms with Crippen molar-refractivity contribution in [3.8, 4) is 22.6 Å². The Morgan fingerprint density at radius 3 is 2.79 bits per heavy atom. The fraction of sp³-hybridized carbons (Fsp3) is 0.458. The Balaban J connectivity index is 1.72. The lowest BCUT2D eigenvalue weighted by molar-refractivity contribution is -0.114. The van der Waals surface area contributed by atoms with Crippen LogP contribution >= 0.6 is 0 Å². The summed E-state index contributed by atoms with van der Waals surface area (Å²) < 4.78 is 12.2. The van der Waals surface area contributed by atoms with Crippen molar-refractivity contribution in [2.24, 2.45) is 5.92 Å². The summed E-state index contributed by atoms with van der Waals surface area (Å²) in [4.78, 5) is 14.1. The van der Waals surface area contributed by atoms with Gasteiger partial charge in [-0.3, -0.25) is 9.69 Å². The molecule has 1 atom stereocenters. The summed E-state index contributed by atoms with van der Waals surface area (Å²) in [5.41, 5.74) is 7.16. The number of carbonyl (C=O) groups is 1. The minimum absolute atomic E-state index is 0.0590. The van der Waals surface area contributed by atoms with Crippen LogP contribution < -0.4 is 14.8 Å². The summed E-state index contributed by atoms with van der Waals surface area (Å²) in [6.07, 6.45) is 4.48. The van der Waals surface area contributed by atoms with Gasteiger partial charge in [-0.05, 0) is 79.1 Å². The smallest absolute Gasteiger partial charge is 0.221 e. The van der Waals surface area contributed by atoms with Crippen molar-refractivity contribution >= 4 is 11.6 Å². The minimum atomic E-state index is -0.0590. The standard InChI is InChI=1S/C24H28N2O3/c1-14(27)25-18-7-6-16-10-20-22-17(8-9-26(20)2)11-21(28-3)24(23(22)19(16)12-18)29-13-15-4-5-15/h6-7,11-12,15,20H,4-5,8-10,13H2,1-3H3,(H,25,27). The molecule has 3 aliphatic rings. The van der Waals surface area contributed by atoms with E-state index < -0.39 is 0 Å². The molecule has 152 valence electrons. The molecule has 1 heterocycles. The molecule has 2 aliphatic carbocycles. The first-order valence-corrected chi connectivity index (χ1v) is 10.5. The van der Waals surface area contributed by atoms with Crippen molar-refractivity contribution in [1.82, 2.24) is 4.90 Å². The Bertz CT molecular complexity index is 981. The first-order valence-electron chi connectivity index (χ1n) is 10.5. The van der Waals surface area contributed by atoms with Crippen LogP contribution in [0.25, 0.3) is 11.1 Å². The third-order valence-corrected chi connectivity index (χ3v) is 6.46. The van der Waals surface area contributed by atoms with Gasteiger partial charge in [-0.15, -0.1) is 0 Å². The first-order chi connectivity index (χ1) is 14.0. The van der Waals surface area contributed by atoms with Gasteiger partial charge in [0.25, 0.3) is 0 Å². The molecule has 2 aromatic carbocycles. The number of nitrogens with zero attached hydrogens (tertiary/aromatic N) is 1. The molecule has 1 N–H and O–H groups in total. The number of likely N-dealkylation sites (N-methyl/N-ethyl adjacent to an activating group) is 1. The average Bonchev–Trinajstić information content (AvgIpc) is 3.53. The molecule has 1 fully saturated rings. The van der Waals surface area contributed by atoms with Crippen molar-refractivity contribution in [2.45, 2.75) is 38.6 Å². The highest BCUT2D eigenvalue weighted by molar-refractivity contribution is 5.91. The van der Waals surface area contributed by atoms with E-state index >= 15 is 0 Å². The molecule has 0 radical (unpaired) electrons. The normalized spacial score (nSPS) is 19.9. The van der Waals surface area contributed by atoms with Crippen LogP contribution in [0.5, 0.6) is 11.5 Å². The number of ether oxygens (including phenoxy) is 2. The van der Waals surface area contributed by atoms with Crippen LogP contribution in [-0.2, 0) is 17.6 Å². The van der Waals surface area contributed by atoms with E-state index in [0.29, 0.717) is 12.0 Å². The van der Waals surface area contributed by atoms with E-state index in [-0.39, 0.29) is 5.91 Å². The Hall–Kier alpha value is -2.53. The molecule has 1 aliphatic heterocycles. The zero-order valence-electron chi connectivity index (χ0n) is 17.4. The summed E-state index contributed by atoms with van der Waals surface area (Å²) in [6.45, 7) is 3.33. The molecule has 1 unspecified atom stereocenters. The number of amides is 1. The lowest BCUT2D eigenvalue weighted by Gasteiger charge is -2.40. The molecule has 0 aromatic heterocycles. The number of carbonyl (C=O) groups excluding carboxylic acids is 1. The molecular weight excluding hydrogens is 364 g/mol. The van der Waals surface area contributed by atoms with Crippen LogP contribution in [0.15, 0.2) is 24.3 Å². The zero-order chi connectivity index (χ0) is 20.1. The highest BCUT2D eigenvalue weighted by Crippen LogP contribution is 2.53. The highest BCUT2D eigenvalue weighted by atomic mass is 16.5. The second kappa shape index (κ2) is 7.06. The molecule has 2 aromatic rings. The zero-order valence-corrected chi connectivity index (χ0v) is 17.4. The van der Waals surface area contributed by atoms with Crippen LogP contribution in [0.2, 0.25) is 0 Å². The van der Waals surface area contributed by atoms with Crippen molar-refractivity contribution in [3.05, 3.63) is 41.0 Å². The lowest BCUT2D eigenvalue weighted by Crippen LogP contribution is -2.35. The topological polar surface area (TPSA) is 50.8 Å². The van der Waals surface area contributed by atoms with E-state index in [9.17, 15) is 4.79 Å². The van der Waals surface area contributed by atoms with Crippen LogP contribution in [0.3, 0.4) is 0 Å². The van der Waals surface area contributed by atoms with Gasteiger partial charge in [-0.2, -0.15) is 0 Å². The van der Waals surface area contributed by atoms with Gasteiger partial charge in [-0.25, -0.2) is 0 Å². The molecule has 5 nitrogen and oxygen atoms in total. The summed E-state index contributed by atoms with van der Waals surface area (Å²) in [7, 11) is 3.94. The molecule has 5 heteroatoms. The predicted molar refractivity (Wildman–Crippen MR) is 114 cm³/mol. The van der Waals surface area contributed by atoms with Gasteiger partial charge in [-0.1, -0.05) is 6.07 Å². The maximum absolute atomic E-state index is 11.6. The van der Waals surface area contributed by atoms with Crippen LogP contribution in [0, 0.1) is 5.92 Å². The van der Waals surface area contributed by atoms with E-state index in [4.69, 9.17) is 9.47 Å². The molecule has 0 bridgehead atoms. The maximum Gasteiger partial charge on any atom is 0.221 e. The summed E-state index contributed by atoms with van der Waals surface area (Å²) >= 11 is 0. The second-order valence-corrected chi connectivity index (χ2v) is 8.61. The monoisotopic (exact) mass is 392 g/mol. The van der Waals surface area contributed by atoms with Gasteiger partial charge in [0.1, 0.15) is 0 Å². The van der Waals surface area contributed by atoms with Crippen molar-refractivity contribution in [2.75, 3.05) is 32.6 Å². The van der Waals surface area contributed by atoms with Crippen molar-refractivity contribution < 1.29 is 14.3 Å². The Morgan fingerprint density at radius 2 is 2.07 bits per heavy atom. The Morgan fingerprint density at radius 1 is 1.24 bits per heavy atom. The highest BCUT2D eigenvalue weighted by Gasteiger charge is 2.37. The number of methoxy groups -OCH3 is 1. The first kappa shape index (κ1) is 18.5. The van der Waals surface area contributed by atoms with E-state index in [2.05, 4.69) is 35.5 Å². The molecule has 0 spiro atoms. The third-order valence-electron chi connectivity index (χ3n) is 6.46. The van der Waals surface area contributed by atoms with Gasteiger partial charge >= 0.3 is 0 Å². The van der Waals surface area contributed by atoms with Gasteiger partial charge in [0, 0.05) is 30.8 Å². The summed E-state index contributed by atoms with van der Waals surface area (Å²) in [6, 6.07) is 8.78. The summed E-state index contributed by atoms with van der Waals surface area (Å²) in [5.74, 6) is 2.28. The number of anilines is 1. The molecule has 1 amide bonds. The number of rotatable bonds is 5. The van der Waals surface area contributed by atoms with Crippen molar-refractivity contribution in [3.63, 3.8) is 0 Å². The number of nitrogens with one attached hydrogen (secondary N) is 1. The number of hydrogen-bond donors (Lipinski definition) is 1. The van der Waals surface area contributed by atoms with Gasteiger partial charge in [0.2, 0.25) is 5.91 Å². The lowest BCUT2D eigenvalue weighted by atomic mass is 9.76. The van der Waals surface area contributed by atoms with Gasteiger partial charge in [0.05, 0.1) is 13.7 Å². The van der Waals surface area contributed by atoms with E-state index in [1.165, 1.54) is 29.5 Å². The minimum Gasteiger partial charge on any atom is -0.493 e. The number of benzene rings is 2. The average molecular weight is 392 g/mol. The van der Waals surface area contributed by atoms with E-state index in [1.807, 2.05) is 6.07 Å². The van der Waals surface area contributed by atoms with Gasteiger partial charge in [0.15, 0.2) is 11.5 Å².